The number of Topliss-reactive ketones (excluding diaryl/α,β-unsaturated/α-hetero) is 1. The predicted molar refractivity (Wildman–Crippen MR) is 66.5 cm³/mol. The molecule has 0 saturated heterocycles. The third-order valence-corrected chi connectivity index (χ3v) is 2.35. The zero-order chi connectivity index (χ0) is 13.0. The van der Waals surface area contributed by atoms with Gasteiger partial charge >= 0.3 is 0 Å². The summed E-state index contributed by atoms with van der Waals surface area (Å²) >= 11 is 0. The van der Waals surface area contributed by atoms with E-state index >= 15 is 0 Å². The van der Waals surface area contributed by atoms with Crippen LogP contribution in [0.5, 0.6) is 0 Å². The minimum Gasteiger partial charge on any atom is -0.340 e. The predicted octanol–water partition coefficient (Wildman–Crippen LogP) is 2.29. The molecule has 0 saturated carbocycles. The molecule has 2 aromatic rings. The van der Waals surface area contributed by atoms with Crippen LogP contribution in [0.25, 0.3) is 0 Å². The topological polar surface area (TPSA) is 78.7 Å². The van der Waals surface area contributed by atoms with E-state index in [-0.39, 0.29) is 5.78 Å². The van der Waals surface area contributed by atoms with Gasteiger partial charge in [0.05, 0.1) is 0 Å². The second-order valence-electron chi connectivity index (χ2n) is 3.66. The van der Waals surface area contributed by atoms with Gasteiger partial charge in [-0.2, -0.15) is 5.26 Å². The molecule has 0 unspecified atom stereocenters. The summed E-state index contributed by atoms with van der Waals surface area (Å²) in [6.45, 7) is 1.52. The first-order chi connectivity index (χ1) is 8.69. The van der Waals surface area contributed by atoms with Gasteiger partial charge in [0.25, 0.3) is 0 Å². The van der Waals surface area contributed by atoms with Crippen molar-refractivity contribution >= 4 is 17.3 Å². The van der Waals surface area contributed by atoms with Gasteiger partial charge in [0.1, 0.15) is 23.9 Å². The van der Waals surface area contributed by atoms with Crippen LogP contribution in [-0.2, 0) is 0 Å². The van der Waals surface area contributed by atoms with E-state index in [1.807, 2.05) is 6.07 Å². The van der Waals surface area contributed by atoms with Gasteiger partial charge in [-0.15, -0.1) is 0 Å². The minimum atomic E-state index is 0.0235. The molecular formula is C13H10N4O. The van der Waals surface area contributed by atoms with Crippen molar-refractivity contribution < 1.29 is 4.79 Å². The summed E-state index contributed by atoms with van der Waals surface area (Å²) in [7, 11) is 0. The lowest BCUT2D eigenvalue weighted by atomic mass is 10.1. The second-order valence-corrected chi connectivity index (χ2v) is 3.66. The number of anilines is 2. The Hall–Kier alpha value is -2.74. The largest absolute Gasteiger partial charge is 0.340 e. The fourth-order valence-electron chi connectivity index (χ4n) is 1.42. The van der Waals surface area contributed by atoms with Crippen LogP contribution in [-0.4, -0.2) is 15.8 Å². The summed E-state index contributed by atoms with van der Waals surface area (Å²) in [6.07, 6.45) is 1.32. The third-order valence-electron chi connectivity index (χ3n) is 2.35. The minimum absolute atomic E-state index is 0.0235. The monoisotopic (exact) mass is 238 g/mol. The zero-order valence-electron chi connectivity index (χ0n) is 9.71. The molecule has 1 aromatic carbocycles. The van der Waals surface area contributed by atoms with Gasteiger partial charge in [-0.25, -0.2) is 9.97 Å². The van der Waals surface area contributed by atoms with Crippen LogP contribution in [0, 0.1) is 11.3 Å². The Kier molecular flexibility index (Phi) is 3.30. The quantitative estimate of drug-likeness (QED) is 0.830. The maximum Gasteiger partial charge on any atom is 0.159 e. The normalized spacial score (nSPS) is 9.56. The summed E-state index contributed by atoms with van der Waals surface area (Å²) in [5.74, 6) is 0.562. The highest BCUT2D eigenvalue weighted by Gasteiger charge is 2.01. The molecule has 5 nitrogen and oxygen atoms in total. The van der Waals surface area contributed by atoms with Crippen LogP contribution >= 0.6 is 0 Å². The Morgan fingerprint density at radius 2 is 2.00 bits per heavy atom. The molecule has 88 valence electrons. The Balaban J connectivity index is 2.18. The summed E-state index contributed by atoms with van der Waals surface area (Å²) in [5, 5.41) is 11.8. The molecule has 0 spiro atoms. The zero-order valence-corrected chi connectivity index (χ0v) is 9.71. The van der Waals surface area contributed by atoms with E-state index < -0.39 is 0 Å². The summed E-state index contributed by atoms with van der Waals surface area (Å²) < 4.78 is 0. The van der Waals surface area contributed by atoms with Crippen molar-refractivity contribution in [3.05, 3.63) is 47.9 Å². The van der Waals surface area contributed by atoms with Crippen molar-refractivity contribution in [2.45, 2.75) is 6.92 Å². The highest BCUT2D eigenvalue weighted by atomic mass is 16.1. The molecule has 1 heterocycles. The number of carbonyl (C=O) groups excluding carboxylic acids is 1. The number of hydrogen-bond acceptors (Lipinski definition) is 5. The lowest BCUT2D eigenvalue weighted by molar-refractivity contribution is 0.101. The Labute approximate surface area is 104 Å². The number of rotatable bonds is 3. The maximum absolute atomic E-state index is 11.1. The van der Waals surface area contributed by atoms with Crippen molar-refractivity contribution in [3.63, 3.8) is 0 Å². The molecule has 0 aliphatic rings. The van der Waals surface area contributed by atoms with Crippen molar-refractivity contribution in [3.8, 4) is 6.07 Å². The van der Waals surface area contributed by atoms with E-state index in [9.17, 15) is 4.79 Å². The molecule has 0 fully saturated rings. The van der Waals surface area contributed by atoms with Gasteiger partial charge in [-0.1, -0.05) is 0 Å². The van der Waals surface area contributed by atoms with Gasteiger partial charge in [-0.3, -0.25) is 4.79 Å². The summed E-state index contributed by atoms with van der Waals surface area (Å²) in [6, 6.07) is 10.5. The van der Waals surface area contributed by atoms with E-state index in [2.05, 4.69) is 15.3 Å². The van der Waals surface area contributed by atoms with E-state index in [4.69, 9.17) is 5.26 Å². The van der Waals surface area contributed by atoms with E-state index in [0.717, 1.165) is 5.69 Å². The average Bonchev–Trinajstić information content (AvgIpc) is 2.39. The third kappa shape index (κ3) is 2.68. The van der Waals surface area contributed by atoms with Crippen LogP contribution in [0.2, 0.25) is 0 Å². The molecular weight excluding hydrogens is 228 g/mol. The Bertz CT molecular complexity index is 614. The first-order valence-electron chi connectivity index (χ1n) is 5.29. The fourth-order valence-corrected chi connectivity index (χ4v) is 1.42. The van der Waals surface area contributed by atoms with Crippen molar-refractivity contribution in [1.82, 2.24) is 9.97 Å². The molecule has 0 radical (unpaired) electrons. The van der Waals surface area contributed by atoms with Crippen molar-refractivity contribution in [2.24, 2.45) is 0 Å². The van der Waals surface area contributed by atoms with Crippen LogP contribution in [0.4, 0.5) is 11.5 Å². The smallest absolute Gasteiger partial charge is 0.159 e. The SMILES string of the molecule is CC(=O)c1ccc(Nc2cc(C#N)ncn2)cc1. The number of nitrogens with one attached hydrogen (secondary N) is 1. The van der Waals surface area contributed by atoms with Gasteiger partial charge < -0.3 is 5.32 Å². The maximum atomic E-state index is 11.1. The number of nitriles is 1. The first kappa shape index (κ1) is 11.7. The highest BCUT2D eigenvalue weighted by molar-refractivity contribution is 5.94. The molecule has 0 aliphatic carbocycles. The second kappa shape index (κ2) is 5.06. The number of aromatic nitrogens is 2. The van der Waals surface area contributed by atoms with Gasteiger partial charge in [0, 0.05) is 17.3 Å². The molecule has 1 N–H and O–H groups in total. The van der Waals surface area contributed by atoms with E-state index in [1.165, 1.54) is 13.3 Å². The molecule has 1 aromatic heterocycles. The van der Waals surface area contributed by atoms with Gasteiger partial charge in [0.2, 0.25) is 0 Å². The van der Waals surface area contributed by atoms with Crippen molar-refractivity contribution in [2.75, 3.05) is 5.32 Å². The number of ketones is 1. The van der Waals surface area contributed by atoms with Crippen LogP contribution in [0.3, 0.4) is 0 Å². The highest BCUT2D eigenvalue weighted by Crippen LogP contribution is 2.15. The number of hydrogen-bond donors (Lipinski definition) is 1. The molecule has 0 amide bonds. The fraction of sp³-hybridized carbons (Fsp3) is 0.0769. The van der Waals surface area contributed by atoms with Crippen LogP contribution in [0.1, 0.15) is 23.0 Å². The molecule has 5 heteroatoms. The molecule has 0 atom stereocenters. The van der Waals surface area contributed by atoms with Crippen LogP contribution in [0.15, 0.2) is 36.7 Å². The van der Waals surface area contributed by atoms with E-state index in [1.54, 1.807) is 30.3 Å². The first-order valence-corrected chi connectivity index (χ1v) is 5.29. The number of nitrogens with zero attached hydrogens (tertiary/aromatic N) is 3. The summed E-state index contributed by atoms with van der Waals surface area (Å²) in [5.41, 5.74) is 1.75. The standard InChI is InChI=1S/C13H10N4O/c1-9(18)10-2-4-11(5-3-10)17-13-6-12(7-14)15-8-16-13/h2-6,8H,1H3,(H,15,16,17). The molecule has 0 aliphatic heterocycles. The lowest BCUT2D eigenvalue weighted by Crippen LogP contribution is -1.97. The average molecular weight is 238 g/mol. The van der Waals surface area contributed by atoms with E-state index in [0.29, 0.717) is 17.1 Å². The molecule has 2 rings (SSSR count). The molecule has 0 bridgehead atoms. The van der Waals surface area contributed by atoms with Crippen LogP contribution < -0.4 is 5.32 Å². The Morgan fingerprint density at radius 1 is 1.28 bits per heavy atom. The number of carbonyl (C=O) groups is 1. The summed E-state index contributed by atoms with van der Waals surface area (Å²) in [4.78, 5) is 18.9. The van der Waals surface area contributed by atoms with Gasteiger partial charge in [-0.05, 0) is 31.2 Å². The molecule has 18 heavy (non-hydrogen) atoms. The lowest BCUT2D eigenvalue weighted by Gasteiger charge is -2.05. The van der Waals surface area contributed by atoms with Gasteiger partial charge in [0.15, 0.2) is 5.78 Å². The Morgan fingerprint density at radius 3 is 2.61 bits per heavy atom. The van der Waals surface area contributed by atoms with Crippen molar-refractivity contribution in [1.29, 1.82) is 5.26 Å². The number of benzene rings is 1.